The van der Waals surface area contributed by atoms with Gasteiger partial charge in [0.1, 0.15) is 0 Å². The zero-order valence-corrected chi connectivity index (χ0v) is 16.8. The van der Waals surface area contributed by atoms with Crippen molar-refractivity contribution in [3.63, 3.8) is 0 Å². The summed E-state index contributed by atoms with van der Waals surface area (Å²) in [5, 5.41) is 22.4. The SMILES string of the molecule is C1CCC([NH2+]C2CCCCC2)CC1.CC[C@](C)(CC[C@H](C)O)C(=O)[O-]. The van der Waals surface area contributed by atoms with E-state index in [-0.39, 0.29) is 0 Å². The summed E-state index contributed by atoms with van der Waals surface area (Å²) in [6.45, 7) is 5.13. The van der Waals surface area contributed by atoms with Gasteiger partial charge in [-0.15, -0.1) is 0 Å². The first-order valence-electron chi connectivity index (χ1n) is 10.6. The van der Waals surface area contributed by atoms with E-state index in [1.54, 1.807) is 13.8 Å². The fraction of sp³-hybridized carbons (Fsp3) is 0.952. The lowest BCUT2D eigenvalue weighted by atomic mass is 9.82. The Balaban J connectivity index is 0.000000252. The first kappa shape index (κ1) is 22.4. The fourth-order valence-corrected chi connectivity index (χ4v) is 3.99. The molecule has 2 aliphatic carbocycles. The van der Waals surface area contributed by atoms with Crippen LogP contribution < -0.4 is 10.4 Å². The van der Waals surface area contributed by atoms with Crippen molar-refractivity contribution < 1.29 is 20.3 Å². The molecule has 25 heavy (non-hydrogen) atoms. The summed E-state index contributed by atoms with van der Waals surface area (Å²) in [6.07, 6.45) is 16.0. The number of nitrogens with two attached hydrogens (primary N) is 1. The molecule has 2 atom stereocenters. The molecule has 3 N–H and O–H groups in total. The highest BCUT2D eigenvalue weighted by atomic mass is 16.4. The molecule has 0 bridgehead atoms. The highest BCUT2D eigenvalue weighted by Crippen LogP contribution is 2.27. The minimum Gasteiger partial charge on any atom is -0.550 e. The van der Waals surface area contributed by atoms with Gasteiger partial charge in [-0.1, -0.05) is 26.7 Å². The van der Waals surface area contributed by atoms with E-state index in [0.717, 1.165) is 12.1 Å². The van der Waals surface area contributed by atoms with Crippen LogP contribution in [-0.4, -0.2) is 29.3 Å². The molecule has 0 aromatic rings. The van der Waals surface area contributed by atoms with Gasteiger partial charge in [0.05, 0.1) is 18.2 Å². The number of aliphatic hydroxyl groups excluding tert-OH is 1. The molecule has 0 radical (unpaired) electrons. The lowest BCUT2D eigenvalue weighted by molar-refractivity contribution is -0.725. The van der Waals surface area contributed by atoms with E-state index in [1.165, 1.54) is 64.2 Å². The minimum absolute atomic E-state index is 0.435. The number of quaternary nitrogens is 1. The molecule has 4 nitrogen and oxygen atoms in total. The van der Waals surface area contributed by atoms with Crippen LogP contribution in [0.5, 0.6) is 0 Å². The van der Waals surface area contributed by atoms with Crippen LogP contribution in [0.2, 0.25) is 0 Å². The maximum Gasteiger partial charge on any atom is 0.0861 e. The molecular formula is C21H41NO3. The summed E-state index contributed by atoms with van der Waals surface area (Å²) in [5.41, 5.74) is -0.781. The Morgan fingerprint density at radius 2 is 1.52 bits per heavy atom. The summed E-state index contributed by atoms with van der Waals surface area (Å²) < 4.78 is 0. The van der Waals surface area contributed by atoms with Crippen LogP contribution in [0.1, 0.15) is 104 Å². The fourth-order valence-electron chi connectivity index (χ4n) is 3.99. The number of hydrogen-bond acceptors (Lipinski definition) is 3. The first-order valence-corrected chi connectivity index (χ1v) is 10.6. The van der Waals surface area contributed by atoms with E-state index in [4.69, 9.17) is 5.11 Å². The maximum atomic E-state index is 10.7. The van der Waals surface area contributed by atoms with Crippen LogP contribution in [0.3, 0.4) is 0 Å². The number of aliphatic hydroxyl groups is 1. The number of carboxylic acids is 1. The standard InChI is InChI=1S/C12H23N.C9H18O3/c1-3-7-11(8-4-1)13-12-9-5-2-6-10-12;1-4-9(3,8(11)12)6-5-7(2)10/h11-13H,1-10H2;7,10H,4-6H2,1-3H3,(H,11,12)/t;7-,9+/m.0/s1. The minimum atomic E-state index is -1.02. The Bertz CT molecular complexity index is 344. The maximum absolute atomic E-state index is 10.7. The van der Waals surface area contributed by atoms with Gasteiger partial charge in [0, 0.05) is 11.4 Å². The Hall–Kier alpha value is -0.610. The van der Waals surface area contributed by atoms with E-state index < -0.39 is 17.5 Å². The third kappa shape index (κ3) is 9.05. The second kappa shape index (κ2) is 11.9. The van der Waals surface area contributed by atoms with Crippen molar-refractivity contribution >= 4 is 5.97 Å². The van der Waals surface area contributed by atoms with Crippen LogP contribution in [0.4, 0.5) is 0 Å². The normalized spacial score (nSPS) is 23.2. The summed E-state index contributed by atoms with van der Waals surface area (Å²) in [7, 11) is 0. The summed E-state index contributed by atoms with van der Waals surface area (Å²) >= 11 is 0. The molecule has 2 aliphatic rings. The van der Waals surface area contributed by atoms with Crippen molar-refractivity contribution in [3.05, 3.63) is 0 Å². The molecule has 0 spiro atoms. The molecule has 2 fully saturated rings. The van der Waals surface area contributed by atoms with Gasteiger partial charge in [-0.2, -0.15) is 0 Å². The molecule has 148 valence electrons. The van der Waals surface area contributed by atoms with Crippen molar-refractivity contribution in [2.75, 3.05) is 0 Å². The van der Waals surface area contributed by atoms with Crippen LogP contribution in [-0.2, 0) is 4.79 Å². The van der Waals surface area contributed by atoms with Crippen LogP contribution in [0.15, 0.2) is 0 Å². The van der Waals surface area contributed by atoms with Crippen molar-refractivity contribution in [1.29, 1.82) is 0 Å². The van der Waals surface area contributed by atoms with Gasteiger partial charge >= 0.3 is 0 Å². The van der Waals surface area contributed by atoms with E-state index in [1.807, 2.05) is 6.92 Å². The van der Waals surface area contributed by atoms with E-state index in [9.17, 15) is 9.90 Å². The highest BCUT2D eigenvalue weighted by molar-refractivity contribution is 5.71. The second-order valence-electron chi connectivity index (χ2n) is 8.58. The zero-order valence-electron chi connectivity index (χ0n) is 16.8. The van der Waals surface area contributed by atoms with Gasteiger partial charge in [-0.25, -0.2) is 0 Å². The molecule has 0 saturated heterocycles. The Kier molecular flexibility index (Phi) is 10.7. The van der Waals surface area contributed by atoms with E-state index >= 15 is 0 Å². The average Bonchev–Trinajstić information content (AvgIpc) is 2.62. The largest absolute Gasteiger partial charge is 0.550 e. The quantitative estimate of drug-likeness (QED) is 0.737. The Morgan fingerprint density at radius 3 is 1.84 bits per heavy atom. The number of aliphatic carboxylic acids is 1. The number of carbonyl (C=O) groups excluding carboxylic acids is 1. The smallest absolute Gasteiger partial charge is 0.0861 e. The highest BCUT2D eigenvalue weighted by Gasteiger charge is 2.24. The van der Waals surface area contributed by atoms with E-state index in [2.05, 4.69) is 5.32 Å². The zero-order chi connectivity index (χ0) is 18.7. The summed E-state index contributed by atoms with van der Waals surface area (Å²) in [6, 6.07) is 1.99. The molecule has 4 heteroatoms. The topological polar surface area (TPSA) is 77.0 Å². The molecule has 0 heterocycles. The number of carboxylic acid groups (broad SMARTS) is 1. The van der Waals surface area contributed by atoms with Crippen LogP contribution >= 0.6 is 0 Å². The van der Waals surface area contributed by atoms with Gasteiger partial charge in [0.2, 0.25) is 0 Å². The predicted molar refractivity (Wildman–Crippen MR) is 100.0 cm³/mol. The lowest BCUT2D eigenvalue weighted by Crippen LogP contribution is -2.95. The Labute approximate surface area is 154 Å². The number of carbonyl (C=O) groups is 1. The van der Waals surface area contributed by atoms with Crippen LogP contribution in [0, 0.1) is 5.41 Å². The molecule has 0 aromatic heterocycles. The molecule has 2 rings (SSSR count). The van der Waals surface area contributed by atoms with Crippen molar-refractivity contribution in [2.24, 2.45) is 5.41 Å². The molecular weight excluding hydrogens is 314 g/mol. The van der Waals surface area contributed by atoms with Gasteiger partial charge in [-0.05, 0) is 77.6 Å². The Morgan fingerprint density at radius 1 is 1.08 bits per heavy atom. The monoisotopic (exact) mass is 355 g/mol. The van der Waals surface area contributed by atoms with Crippen molar-refractivity contribution in [3.8, 4) is 0 Å². The van der Waals surface area contributed by atoms with Crippen molar-refractivity contribution in [2.45, 2.75) is 122 Å². The summed E-state index contributed by atoms with van der Waals surface area (Å²) in [4.78, 5) is 10.7. The second-order valence-corrected chi connectivity index (χ2v) is 8.58. The molecule has 0 unspecified atom stereocenters. The third-order valence-corrected chi connectivity index (χ3v) is 6.23. The average molecular weight is 356 g/mol. The molecule has 0 aliphatic heterocycles. The van der Waals surface area contributed by atoms with Gasteiger partial charge in [-0.3, -0.25) is 0 Å². The number of rotatable bonds is 7. The first-order chi connectivity index (χ1) is 11.9. The third-order valence-electron chi connectivity index (χ3n) is 6.23. The predicted octanol–water partition coefficient (Wildman–Crippen LogP) is 2.53. The van der Waals surface area contributed by atoms with Crippen molar-refractivity contribution in [1.82, 2.24) is 0 Å². The van der Waals surface area contributed by atoms with Gasteiger partial charge in [0.15, 0.2) is 0 Å². The number of hydrogen-bond donors (Lipinski definition) is 2. The van der Waals surface area contributed by atoms with Gasteiger partial charge in [0.25, 0.3) is 0 Å². The van der Waals surface area contributed by atoms with Gasteiger partial charge < -0.3 is 20.3 Å². The lowest BCUT2D eigenvalue weighted by Gasteiger charge is -2.29. The summed E-state index contributed by atoms with van der Waals surface area (Å²) in [5.74, 6) is -1.02. The molecule has 0 amide bonds. The molecule has 2 saturated carbocycles. The van der Waals surface area contributed by atoms with E-state index in [0.29, 0.717) is 19.3 Å². The molecule has 0 aromatic carbocycles. The van der Waals surface area contributed by atoms with Crippen LogP contribution in [0.25, 0.3) is 0 Å².